The molecule has 3 aromatic rings. The Hall–Kier alpha value is -4.03. The van der Waals surface area contributed by atoms with Crippen molar-refractivity contribution in [3.8, 4) is 11.5 Å². The Kier molecular flexibility index (Phi) is 7.18. The molecule has 6 heteroatoms. The zero-order valence-electron chi connectivity index (χ0n) is 25.6. The monoisotopic (exact) mass is 586 g/mol. The Morgan fingerprint density at radius 2 is 1.39 bits per heavy atom. The summed E-state index contributed by atoms with van der Waals surface area (Å²) in [6.07, 6.45) is 15.0. The molecule has 2 saturated heterocycles. The summed E-state index contributed by atoms with van der Waals surface area (Å²) in [7, 11) is 0. The first-order valence-corrected chi connectivity index (χ1v) is 16.7. The number of rotatable bonds is 7. The second-order valence-corrected chi connectivity index (χ2v) is 12.9. The lowest BCUT2D eigenvalue weighted by atomic mass is 9.74. The van der Waals surface area contributed by atoms with Gasteiger partial charge in [-0.15, -0.1) is 0 Å². The summed E-state index contributed by atoms with van der Waals surface area (Å²) in [5.41, 5.74) is 6.98. The molecule has 226 valence electrons. The van der Waals surface area contributed by atoms with Gasteiger partial charge in [0.25, 0.3) is 5.91 Å². The highest BCUT2D eigenvalue weighted by Gasteiger charge is 2.56. The van der Waals surface area contributed by atoms with Crippen molar-refractivity contribution >= 4 is 17.3 Å². The fraction of sp³-hybridized carbons (Fsp3) is 0.395. The number of benzene rings is 3. The fourth-order valence-electron chi connectivity index (χ4n) is 8.09. The van der Waals surface area contributed by atoms with Crippen molar-refractivity contribution in [1.29, 1.82) is 0 Å². The van der Waals surface area contributed by atoms with Gasteiger partial charge in [0.05, 0.1) is 0 Å². The van der Waals surface area contributed by atoms with Crippen LogP contribution in [0.2, 0.25) is 0 Å². The number of amides is 1. The Morgan fingerprint density at radius 3 is 2.00 bits per heavy atom. The molecule has 1 spiro atoms. The van der Waals surface area contributed by atoms with Crippen molar-refractivity contribution in [3.63, 3.8) is 0 Å². The highest BCUT2D eigenvalue weighted by molar-refractivity contribution is 6.02. The third-order valence-electron chi connectivity index (χ3n) is 10.3. The normalized spacial score (nSPS) is 20.0. The number of carbonyl (C=O) groups excluding carboxylic acids is 1. The molecule has 2 fully saturated rings. The van der Waals surface area contributed by atoms with E-state index in [1.54, 1.807) is 0 Å². The van der Waals surface area contributed by atoms with E-state index in [4.69, 9.17) is 4.74 Å². The first-order valence-electron chi connectivity index (χ1n) is 16.7. The van der Waals surface area contributed by atoms with Crippen LogP contribution < -0.4 is 19.9 Å². The lowest BCUT2D eigenvalue weighted by Gasteiger charge is -2.45. The molecule has 1 amide bonds. The van der Waals surface area contributed by atoms with Crippen molar-refractivity contribution < 1.29 is 9.53 Å². The van der Waals surface area contributed by atoms with Gasteiger partial charge >= 0.3 is 0 Å². The van der Waals surface area contributed by atoms with Crippen LogP contribution in [0.3, 0.4) is 0 Å². The molecule has 5 aliphatic rings. The minimum Gasteiger partial charge on any atom is -0.456 e. The Balaban J connectivity index is 1.25. The standard InChI is InChI=1S/C38H42N4O2/c43-37-31-13-5-6-14-32(31)38(42(37)24-19-39-27-28-11-3-4-12-28)33-17-15-29(40-20-7-1-8-21-40)25-35(33)44-36-26-30(16-18-34(36)38)41-22-9-2-10-23-41/h3-6,11,13-18,25-26,39H,1-2,7-10,12,19-24,27H2. The number of allylic oxidation sites excluding steroid dienone is 3. The largest absolute Gasteiger partial charge is 0.456 e. The van der Waals surface area contributed by atoms with E-state index in [0.29, 0.717) is 13.1 Å². The van der Waals surface area contributed by atoms with Gasteiger partial charge in [-0.05, 0) is 68.7 Å². The van der Waals surface area contributed by atoms with Crippen molar-refractivity contribution in [2.45, 2.75) is 50.5 Å². The third-order valence-corrected chi connectivity index (χ3v) is 10.3. The number of piperidine rings is 2. The molecule has 1 aliphatic carbocycles. The van der Waals surface area contributed by atoms with Crippen LogP contribution in [0.15, 0.2) is 84.5 Å². The molecule has 0 bridgehead atoms. The van der Waals surface area contributed by atoms with Gasteiger partial charge in [-0.25, -0.2) is 0 Å². The molecule has 4 aliphatic heterocycles. The smallest absolute Gasteiger partial charge is 0.255 e. The van der Waals surface area contributed by atoms with Crippen LogP contribution in [0, 0.1) is 0 Å². The van der Waals surface area contributed by atoms with E-state index in [2.05, 4.69) is 86.8 Å². The van der Waals surface area contributed by atoms with Gasteiger partial charge in [0.1, 0.15) is 17.0 Å². The number of carbonyl (C=O) groups is 1. The number of hydrogen-bond donors (Lipinski definition) is 1. The van der Waals surface area contributed by atoms with Crippen LogP contribution in [0.25, 0.3) is 0 Å². The van der Waals surface area contributed by atoms with E-state index < -0.39 is 5.54 Å². The van der Waals surface area contributed by atoms with Gasteiger partial charge in [0.15, 0.2) is 0 Å². The number of anilines is 2. The first kappa shape index (κ1) is 27.5. The Morgan fingerprint density at radius 1 is 0.750 bits per heavy atom. The van der Waals surface area contributed by atoms with Crippen molar-refractivity contribution in [2.75, 3.05) is 55.6 Å². The molecule has 0 aromatic heterocycles. The second-order valence-electron chi connectivity index (χ2n) is 12.9. The van der Waals surface area contributed by atoms with Crippen molar-refractivity contribution in [2.24, 2.45) is 0 Å². The topological polar surface area (TPSA) is 48.1 Å². The molecule has 0 saturated carbocycles. The lowest BCUT2D eigenvalue weighted by molar-refractivity contribution is 0.0668. The SMILES string of the molecule is O=C1c2ccccc2C2(c3ccc(N4CCCCC4)cc3Oc3cc(N4CCCCC4)ccc32)N1CCNCC1=CC=CC1. The molecule has 0 unspecified atom stereocenters. The summed E-state index contributed by atoms with van der Waals surface area (Å²) in [5, 5.41) is 3.63. The first-order chi connectivity index (χ1) is 21.7. The van der Waals surface area contributed by atoms with Crippen LogP contribution in [0.1, 0.15) is 72.0 Å². The summed E-state index contributed by atoms with van der Waals surface area (Å²) >= 11 is 0. The minimum atomic E-state index is -0.757. The number of fused-ring (bicyclic) bond motifs is 6. The van der Waals surface area contributed by atoms with E-state index in [0.717, 1.165) is 72.9 Å². The maximum Gasteiger partial charge on any atom is 0.255 e. The molecule has 1 N–H and O–H groups in total. The number of nitrogens with one attached hydrogen (secondary N) is 1. The predicted octanol–water partition coefficient (Wildman–Crippen LogP) is 7.00. The quantitative estimate of drug-likeness (QED) is 0.302. The van der Waals surface area contributed by atoms with Gasteiger partial charge in [-0.3, -0.25) is 4.79 Å². The molecular weight excluding hydrogens is 544 g/mol. The molecule has 6 nitrogen and oxygen atoms in total. The van der Waals surface area contributed by atoms with Gasteiger partial charge in [-0.2, -0.15) is 0 Å². The van der Waals surface area contributed by atoms with Crippen molar-refractivity contribution in [1.82, 2.24) is 10.2 Å². The van der Waals surface area contributed by atoms with E-state index >= 15 is 0 Å². The van der Waals surface area contributed by atoms with Gasteiger partial charge < -0.3 is 24.8 Å². The number of hydrogen-bond acceptors (Lipinski definition) is 5. The van der Waals surface area contributed by atoms with Gasteiger partial charge in [-0.1, -0.05) is 54.1 Å². The Bertz CT molecular complexity index is 1560. The van der Waals surface area contributed by atoms with E-state index in [-0.39, 0.29) is 5.91 Å². The lowest BCUT2D eigenvalue weighted by Crippen LogP contribution is -2.49. The molecule has 0 radical (unpaired) electrons. The molecule has 3 aromatic carbocycles. The van der Waals surface area contributed by atoms with Crippen LogP contribution in [0.4, 0.5) is 11.4 Å². The average molecular weight is 587 g/mol. The molecule has 44 heavy (non-hydrogen) atoms. The number of nitrogens with zero attached hydrogens (tertiary/aromatic N) is 3. The molecule has 0 atom stereocenters. The van der Waals surface area contributed by atoms with Crippen LogP contribution >= 0.6 is 0 Å². The predicted molar refractivity (Wildman–Crippen MR) is 177 cm³/mol. The highest BCUT2D eigenvalue weighted by Crippen LogP contribution is 2.58. The zero-order valence-corrected chi connectivity index (χ0v) is 25.6. The Labute approximate surface area is 261 Å². The van der Waals surface area contributed by atoms with E-state index in [9.17, 15) is 4.79 Å². The van der Waals surface area contributed by atoms with Crippen LogP contribution in [-0.2, 0) is 5.54 Å². The van der Waals surface area contributed by atoms with E-state index in [1.807, 2.05) is 12.1 Å². The fourth-order valence-corrected chi connectivity index (χ4v) is 8.09. The summed E-state index contributed by atoms with van der Waals surface area (Å²) < 4.78 is 6.90. The second kappa shape index (κ2) is 11.5. The summed E-state index contributed by atoms with van der Waals surface area (Å²) in [6, 6.07) is 21.7. The zero-order chi connectivity index (χ0) is 29.5. The van der Waals surface area contributed by atoms with E-state index in [1.165, 1.54) is 55.5 Å². The molecular formula is C38H42N4O2. The maximum atomic E-state index is 14.4. The summed E-state index contributed by atoms with van der Waals surface area (Å²) in [6.45, 7) is 6.44. The van der Waals surface area contributed by atoms with Gasteiger partial charge in [0, 0.05) is 86.0 Å². The number of ether oxygens (including phenoxy) is 1. The minimum absolute atomic E-state index is 0.0863. The highest BCUT2D eigenvalue weighted by atomic mass is 16.5. The molecule has 4 heterocycles. The summed E-state index contributed by atoms with van der Waals surface area (Å²) in [5.74, 6) is 1.81. The molecule has 8 rings (SSSR count). The van der Waals surface area contributed by atoms with Crippen LogP contribution in [-0.4, -0.2) is 56.6 Å². The third kappa shape index (κ3) is 4.54. The maximum absolute atomic E-state index is 14.4. The van der Waals surface area contributed by atoms with Crippen molar-refractivity contribution in [3.05, 3.63) is 107 Å². The van der Waals surface area contributed by atoms with Gasteiger partial charge in [0.2, 0.25) is 0 Å². The summed E-state index contributed by atoms with van der Waals surface area (Å²) in [4.78, 5) is 21.5. The average Bonchev–Trinajstić information content (AvgIpc) is 3.69. The van der Waals surface area contributed by atoms with Crippen LogP contribution in [0.5, 0.6) is 11.5 Å².